The van der Waals surface area contributed by atoms with Crippen LogP contribution in [-0.4, -0.2) is 31.4 Å². The number of hydrogen-bond acceptors (Lipinski definition) is 4. The minimum absolute atomic E-state index is 0.0156. The lowest BCUT2D eigenvalue weighted by molar-refractivity contribution is -0.346. The molecule has 0 aromatic heterocycles. The van der Waals surface area contributed by atoms with Gasteiger partial charge in [0.2, 0.25) is 5.91 Å². The summed E-state index contributed by atoms with van der Waals surface area (Å²) in [6.07, 6.45) is 11.6. The molecular weight excluding hydrogens is 462 g/mol. The molecule has 0 aromatic carbocycles. The largest absolute Gasteiger partial charge is 0.356 e. The molecule has 5 aliphatic rings. The van der Waals surface area contributed by atoms with Crippen molar-refractivity contribution in [1.29, 1.82) is 0 Å². The maximum atomic E-state index is 14.3. The Morgan fingerprint density at radius 3 is 2.32 bits per heavy atom. The number of rotatable bonds is 4. The molecule has 0 saturated heterocycles. The summed E-state index contributed by atoms with van der Waals surface area (Å²) in [6.45, 7) is 16.8. The van der Waals surface area contributed by atoms with Crippen molar-refractivity contribution in [3.05, 3.63) is 11.6 Å². The molecule has 0 bridgehead atoms. The van der Waals surface area contributed by atoms with Crippen LogP contribution in [0.3, 0.4) is 0 Å². The predicted molar refractivity (Wildman–Crippen MR) is 145 cm³/mol. The molecular formula is C32H51NO4. The summed E-state index contributed by atoms with van der Waals surface area (Å²) in [5.74, 6) is 1.79. The van der Waals surface area contributed by atoms with Gasteiger partial charge in [0.1, 0.15) is 0 Å². The highest BCUT2D eigenvalue weighted by atomic mass is 17.2. The van der Waals surface area contributed by atoms with E-state index >= 15 is 0 Å². The Labute approximate surface area is 224 Å². The van der Waals surface area contributed by atoms with Crippen LogP contribution in [0.2, 0.25) is 0 Å². The van der Waals surface area contributed by atoms with Gasteiger partial charge in [0.05, 0.1) is 13.2 Å². The first-order valence-electron chi connectivity index (χ1n) is 15.0. The van der Waals surface area contributed by atoms with Crippen LogP contribution in [0.1, 0.15) is 106 Å². The van der Waals surface area contributed by atoms with E-state index in [-0.39, 0.29) is 45.0 Å². The highest BCUT2D eigenvalue weighted by Crippen LogP contribution is 2.71. The molecule has 0 spiro atoms. The van der Waals surface area contributed by atoms with Gasteiger partial charge in [-0.2, -0.15) is 0 Å². The molecule has 1 amide bonds. The van der Waals surface area contributed by atoms with Crippen LogP contribution < -0.4 is 5.32 Å². The topological polar surface area (TPSA) is 64.6 Å². The zero-order valence-electron chi connectivity index (χ0n) is 24.7. The summed E-state index contributed by atoms with van der Waals surface area (Å²) in [5, 5.41) is 3.11. The molecule has 5 aliphatic carbocycles. The van der Waals surface area contributed by atoms with Gasteiger partial charge in [-0.25, -0.2) is 9.78 Å². The van der Waals surface area contributed by atoms with Crippen LogP contribution in [0.25, 0.3) is 0 Å². The lowest BCUT2D eigenvalue weighted by atomic mass is 9.37. The minimum Gasteiger partial charge on any atom is -0.356 e. The number of carbonyl (C=O) groups is 2. The van der Waals surface area contributed by atoms with E-state index in [0.29, 0.717) is 30.1 Å². The Balaban J connectivity index is 1.52. The molecule has 0 heterocycles. The second kappa shape index (κ2) is 8.91. The number of carbonyl (C=O) groups excluding carboxylic acids is 2. The molecule has 208 valence electrons. The quantitative estimate of drug-likeness (QED) is 0.337. The van der Waals surface area contributed by atoms with Gasteiger partial charge in [-0.05, 0) is 110 Å². The van der Waals surface area contributed by atoms with Gasteiger partial charge >= 0.3 is 0 Å². The molecule has 0 radical (unpaired) electrons. The van der Waals surface area contributed by atoms with Crippen molar-refractivity contribution in [1.82, 2.24) is 5.32 Å². The third-order valence-corrected chi connectivity index (χ3v) is 12.8. The standard InChI is InChI=1S/C32H51NO4/c1-9-33-27(35)30(5)17-16-29(4)13-10-21-20(22(29)19-30)18-23(34)26-31(21,6)14-11-24-28(2,3)25(37-36-8)12-15-32(24,26)7/h18,21-22,24-26H,9-17,19H2,1-8H3,(H,33,35)/t21?,22-,24-,25-,26-,29-,30-,31-,32-/m0/s1. The summed E-state index contributed by atoms with van der Waals surface area (Å²) in [5.41, 5.74) is 1.14. The third kappa shape index (κ3) is 3.84. The molecule has 9 atom stereocenters. The van der Waals surface area contributed by atoms with Crippen molar-refractivity contribution in [2.75, 3.05) is 13.7 Å². The van der Waals surface area contributed by atoms with Gasteiger partial charge in [-0.15, -0.1) is 0 Å². The van der Waals surface area contributed by atoms with Crippen molar-refractivity contribution >= 4 is 11.7 Å². The van der Waals surface area contributed by atoms with Crippen LogP contribution in [0.4, 0.5) is 0 Å². The fraction of sp³-hybridized carbons (Fsp3) is 0.875. The van der Waals surface area contributed by atoms with Crippen LogP contribution in [-0.2, 0) is 19.4 Å². The van der Waals surface area contributed by atoms with Crippen molar-refractivity contribution in [3.8, 4) is 0 Å². The monoisotopic (exact) mass is 513 g/mol. The van der Waals surface area contributed by atoms with Crippen LogP contribution in [0.15, 0.2) is 11.6 Å². The van der Waals surface area contributed by atoms with Crippen LogP contribution in [0, 0.1) is 50.7 Å². The summed E-state index contributed by atoms with van der Waals surface area (Å²) < 4.78 is 0. The number of ketones is 1. The van der Waals surface area contributed by atoms with Crippen molar-refractivity contribution in [2.45, 2.75) is 112 Å². The average Bonchev–Trinajstić information content (AvgIpc) is 2.81. The number of fused-ring (bicyclic) bond motifs is 7. The maximum absolute atomic E-state index is 14.3. The van der Waals surface area contributed by atoms with E-state index in [1.807, 2.05) is 6.92 Å². The van der Waals surface area contributed by atoms with E-state index in [1.54, 1.807) is 7.11 Å². The van der Waals surface area contributed by atoms with E-state index in [2.05, 4.69) is 52.9 Å². The highest BCUT2D eigenvalue weighted by molar-refractivity contribution is 5.95. The van der Waals surface area contributed by atoms with E-state index in [1.165, 1.54) is 18.4 Å². The first kappa shape index (κ1) is 27.4. The highest BCUT2D eigenvalue weighted by Gasteiger charge is 2.67. The number of allylic oxidation sites excluding steroid dienone is 2. The maximum Gasteiger partial charge on any atom is 0.225 e. The second-order valence-electron chi connectivity index (χ2n) is 15.1. The molecule has 1 unspecified atom stereocenters. The zero-order chi connectivity index (χ0) is 27.0. The van der Waals surface area contributed by atoms with Gasteiger partial charge in [-0.1, -0.05) is 47.1 Å². The van der Waals surface area contributed by atoms with Crippen LogP contribution in [0.5, 0.6) is 0 Å². The van der Waals surface area contributed by atoms with E-state index in [9.17, 15) is 9.59 Å². The SMILES string of the molecule is CCNC(=O)[C@@]1(C)CC[C@]2(C)CCC3C(=CC(=O)[C@@H]4[C@@]5(C)CC[C@H](OOC)C(C)(C)[C@@H]5CC[C@@]34C)[C@@H]2C1. The molecule has 37 heavy (non-hydrogen) atoms. The van der Waals surface area contributed by atoms with Crippen LogP contribution >= 0.6 is 0 Å². The fourth-order valence-corrected chi connectivity index (χ4v) is 10.8. The number of hydrogen-bond donors (Lipinski definition) is 1. The van der Waals surface area contributed by atoms with Crippen molar-refractivity contribution in [2.24, 2.45) is 50.7 Å². The predicted octanol–water partition coefficient (Wildman–Crippen LogP) is 6.66. The first-order valence-corrected chi connectivity index (χ1v) is 15.0. The molecule has 0 aromatic rings. The van der Waals surface area contributed by atoms with Crippen molar-refractivity contribution in [3.63, 3.8) is 0 Å². The van der Waals surface area contributed by atoms with Gasteiger partial charge < -0.3 is 5.32 Å². The van der Waals surface area contributed by atoms with Gasteiger partial charge in [-0.3, -0.25) is 9.59 Å². The zero-order valence-corrected chi connectivity index (χ0v) is 24.7. The lowest BCUT2D eigenvalue weighted by Gasteiger charge is -2.67. The number of amides is 1. The molecule has 5 heteroatoms. The average molecular weight is 514 g/mol. The third-order valence-electron chi connectivity index (χ3n) is 12.8. The molecule has 0 aliphatic heterocycles. The van der Waals surface area contributed by atoms with Crippen molar-refractivity contribution < 1.29 is 19.4 Å². The van der Waals surface area contributed by atoms with E-state index < -0.39 is 0 Å². The smallest absolute Gasteiger partial charge is 0.225 e. The minimum atomic E-state index is -0.350. The van der Waals surface area contributed by atoms with E-state index in [4.69, 9.17) is 9.78 Å². The Kier molecular flexibility index (Phi) is 6.59. The Bertz CT molecular complexity index is 987. The Morgan fingerprint density at radius 1 is 0.946 bits per heavy atom. The molecule has 4 fully saturated rings. The fourth-order valence-electron chi connectivity index (χ4n) is 10.8. The lowest BCUT2D eigenvalue weighted by Crippen LogP contribution is -2.64. The first-order chi connectivity index (χ1) is 17.3. The molecule has 5 rings (SSSR count). The summed E-state index contributed by atoms with van der Waals surface area (Å²) >= 11 is 0. The summed E-state index contributed by atoms with van der Waals surface area (Å²) in [6, 6.07) is 0. The Hall–Kier alpha value is -1.20. The molecule has 4 saturated carbocycles. The second-order valence-corrected chi connectivity index (χ2v) is 15.1. The van der Waals surface area contributed by atoms with Gasteiger partial charge in [0, 0.05) is 17.9 Å². The Morgan fingerprint density at radius 2 is 1.65 bits per heavy atom. The van der Waals surface area contributed by atoms with Gasteiger partial charge in [0.25, 0.3) is 0 Å². The molecule has 1 N–H and O–H groups in total. The summed E-state index contributed by atoms with van der Waals surface area (Å²) in [4.78, 5) is 38.4. The van der Waals surface area contributed by atoms with Gasteiger partial charge in [0.15, 0.2) is 5.78 Å². The number of nitrogens with one attached hydrogen (secondary N) is 1. The molecule has 5 nitrogen and oxygen atoms in total. The summed E-state index contributed by atoms with van der Waals surface area (Å²) in [7, 11) is 1.61. The normalized spacial score (nSPS) is 48.6. The van der Waals surface area contributed by atoms with E-state index in [0.717, 1.165) is 44.9 Å².